The minimum atomic E-state index is -0.363. The Kier molecular flexibility index (Phi) is 5.84. The lowest BCUT2D eigenvalue weighted by atomic mass is 10.1. The van der Waals surface area contributed by atoms with E-state index in [2.05, 4.69) is 16.4 Å². The molecule has 0 aliphatic carbocycles. The molecule has 6 heteroatoms. The van der Waals surface area contributed by atoms with Gasteiger partial charge in [0, 0.05) is 11.3 Å². The summed E-state index contributed by atoms with van der Waals surface area (Å²) >= 11 is 1.19. The minimum absolute atomic E-state index is 0.0937. The highest BCUT2D eigenvalue weighted by molar-refractivity contribution is 8.00. The standard InChI is InChI=1S/C21H16FN3OS/c1-14-2-4-15(5-3-14)19-11-6-16(12-23)21(25-19)27-13-20(26)24-18-9-7-17(22)8-10-18/h2-11H,13H2,1H3,(H,24,26). The fraction of sp³-hybridized carbons (Fsp3) is 0.0952. The van der Waals surface area contributed by atoms with Gasteiger partial charge in [-0.2, -0.15) is 5.26 Å². The maximum Gasteiger partial charge on any atom is 0.234 e. The van der Waals surface area contributed by atoms with Gasteiger partial charge in [0.25, 0.3) is 0 Å². The number of nitriles is 1. The van der Waals surface area contributed by atoms with Crippen LogP contribution in [0.25, 0.3) is 11.3 Å². The number of thioether (sulfide) groups is 1. The van der Waals surface area contributed by atoms with Crippen molar-refractivity contribution in [3.8, 4) is 17.3 Å². The first-order valence-corrected chi connectivity index (χ1v) is 9.20. The Bertz CT molecular complexity index is 995. The largest absolute Gasteiger partial charge is 0.325 e. The van der Waals surface area contributed by atoms with Crippen LogP contribution in [0.5, 0.6) is 0 Å². The number of amides is 1. The van der Waals surface area contributed by atoms with Crippen molar-refractivity contribution in [2.24, 2.45) is 0 Å². The lowest BCUT2D eigenvalue weighted by Gasteiger charge is -2.08. The zero-order chi connectivity index (χ0) is 19.2. The van der Waals surface area contributed by atoms with Crippen LogP contribution in [-0.4, -0.2) is 16.6 Å². The fourth-order valence-corrected chi connectivity index (χ4v) is 3.16. The summed E-state index contributed by atoms with van der Waals surface area (Å²) < 4.78 is 12.9. The number of nitrogens with one attached hydrogen (secondary N) is 1. The van der Waals surface area contributed by atoms with Crippen molar-refractivity contribution in [3.63, 3.8) is 0 Å². The Morgan fingerprint density at radius 2 is 1.81 bits per heavy atom. The van der Waals surface area contributed by atoms with Crippen molar-refractivity contribution in [1.82, 2.24) is 4.98 Å². The highest BCUT2D eigenvalue weighted by atomic mass is 32.2. The van der Waals surface area contributed by atoms with Gasteiger partial charge in [-0.05, 0) is 43.3 Å². The van der Waals surface area contributed by atoms with Gasteiger partial charge in [0.1, 0.15) is 16.9 Å². The highest BCUT2D eigenvalue weighted by Crippen LogP contribution is 2.25. The molecule has 1 heterocycles. The summed E-state index contributed by atoms with van der Waals surface area (Å²) in [7, 11) is 0. The van der Waals surface area contributed by atoms with Crippen molar-refractivity contribution in [2.75, 3.05) is 11.1 Å². The number of pyridine rings is 1. The number of carbonyl (C=O) groups is 1. The van der Waals surface area contributed by atoms with Gasteiger partial charge in [0.15, 0.2) is 0 Å². The van der Waals surface area contributed by atoms with Gasteiger partial charge in [0.2, 0.25) is 5.91 Å². The van der Waals surface area contributed by atoms with E-state index in [9.17, 15) is 14.4 Å². The second kappa shape index (κ2) is 8.47. The van der Waals surface area contributed by atoms with Gasteiger partial charge in [-0.3, -0.25) is 4.79 Å². The highest BCUT2D eigenvalue weighted by Gasteiger charge is 2.11. The molecule has 1 N–H and O–H groups in total. The number of nitrogens with zero attached hydrogens (tertiary/aromatic N) is 2. The normalized spacial score (nSPS) is 10.3. The van der Waals surface area contributed by atoms with Crippen LogP contribution in [0.4, 0.5) is 10.1 Å². The Hall–Kier alpha value is -3.17. The Morgan fingerprint density at radius 3 is 2.48 bits per heavy atom. The monoisotopic (exact) mass is 377 g/mol. The average Bonchev–Trinajstić information content (AvgIpc) is 2.68. The van der Waals surface area contributed by atoms with E-state index in [1.54, 1.807) is 12.1 Å². The maximum absolute atomic E-state index is 12.9. The second-order valence-corrected chi connectivity index (χ2v) is 6.83. The Labute approximate surface area is 161 Å². The van der Waals surface area contributed by atoms with E-state index in [-0.39, 0.29) is 17.5 Å². The summed E-state index contributed by atoms with van der Waals surface area (Å²) in [6, 6.07) is 19.1. The van der Waals surface area contributed by atoms with Gasteiger partial charge in [-0.25, -0.2) is 9.37 Å². The number of halogens is 1. The van der Waals surface area contributed by atoms with Crippen LogP contribution in [0.2, 0.25) is 0 Å². The van der Waals surface area contributed by atoms with Crippen LogP contribution >= 0.6 is 11.8 Å². The van der Waals surface area contributed by atoms with Crippen LogP contribution in [0.3, 0.4) is 0 Å². The first-order chi connectivity index (χ1) is 13.0. The van der Waals surface area contributed by atoms with Crippen LogP contribution in [-0.2, 0) is 4.79 Å². The van der Waals surface area contributed by atoms with E-state index in [1.807, 2.05) is 31.2 Å². The molecule has 134 valence electrons. The molecule has 3 rings (SSSR count). The summed E-state index contributed by atoms with van der Waals surface area (Å²) in [5.74, 6) is -0.521. The van der Waals surface area contributed by atoms with Crippen molar-refractivity contribution >= 4 is 23.4 Å². The van der Waals surface area contributed by atoms with E-state index in [0.717, 1.165) is 16.8 Å². The number of aryl methyl sites for hydroxylation is 1. The SMILES string of the molecule is Cc1ccc(-c2ccc(C#N)c(SCC(=O)Nc3ccc(F)cc3)n2)cc1. The summed E-state index contributed by atoms with van der Waals surface area (Å²) in [5, 5.41) is 12.5. The molecule has 2 aromatic carbocycles. The number of aromatic nitrogens is 1. The molecule has 0 bridgehead atoms. The van der Waals surface area contributed by atoms with Gasteiger partial charge < -0.3 is 5.32 Å². The Balaban J connectivity index is 1.72. The summed E-state index contributed by atoms with van der Waals surface area (Å²) in [5.41, 5.74) is 3.78. The molecule has 0 saturated carbocycles. The smallest absolute Gasteiger partial charge is 0.234 e. The van der Waals surface area contributed by atoms with E-state index in [0.29, 0.717) is 16.3 Å². The first kappa shape index (κ1) is 18.6. The molecule has 3 aromatic rings. The van der Waals surface area contributed by atoms with Crippen LogP contribution in [0, 0.1) is 24.1 Å². The van der Waals surface area contributed by atoms with E-state index < -0.39 is 0 Å². The zero-order valence-corrected chi connectivity index (χ0v) is 15.4. The number of anilines is 1. The molecular weight excluding hydrogens is 361 g/mol. The molecule has 1 aromatic heterocycles. The average molecular weight is 377 g/mol. The molecule has 0 aliphatic heterocycles. The van der Waals surface area contributed by atoms with Gasteiger partial charge in [-0.15, -0.1) is 0 Å². The molecular formula is C21H16FN3OS. The number of rotatable bonds is 5. The summed E-state index contributed by atoms with van der Waals surface area (Å²) in [4.78, 5) is 16.7. The first-order valence-electron chi connectivity index (χ1n) is 8.21. The van der Waals surface area contributed by atoms with Crippen LogP contribution in [0.1, 0.15) is 11.1 Å². The lowest BCUT2D eigenvalue weighted by Crippen LogP contribution is -2.14. The van der Waals surface area contributed by atoms with Gasteiger partial charge in [0.05, 0.1) is 17.0 Å². The van der Waals surface area contributed by atoms with Crippen LogP contribution in [0.15, 0.2) is 65.7 Å². The third-order valence-electron chi connectivity index (χ3n) is 3.80. The van der Waals surface area contributed by atoms with Gasteiger partial charge >= 0.3 is 0 Å². The fourth-order valence-electron chi connectivity index (χ4n) is 2.38. The molecule has 0 aliphatic rings. The molecule has 0 radical (unpaired) electrons. The third-order valence-corrected chi connectivity index (χ3v) is 4.79. The Morgan fingerprint density at radius 1 is 1.11 bits per heavy atom. The molecule has 0 saturated heterocycles. The molecule has 4 nitrogen and oxygen atoms in total. The molecule has 1 amide bonds. The quantitative estimate of drug-likeness (QED) is 0.649. The number of hydrogen-bond donors (Lipinski definition) is 1. The summed E-state index contributed by atoms with van der Waals surface area (Å²) in [6.07, 6.45) is 0. The maximum atomic E-state index is 12.9. The number of benzene rings is 2. The topological polar surface area (TPSA) is 65.8 Å². The third kappa shape index (κ3) is 4.93. The minimum Gasteiger partial charge on any atom is -0.325 e. The molecule has 0 fully saturated rings. The van der Waals surface area contributed by atoms with Crippen molar-refractivity contribution in [2.45, 2.75) is 11.9 Å². The zero-order valence-electron chi connectivity index (χ0n) is 14.6. The van der Waals surface area contributed by atoms with Crippen molar-refractivity contribution < 1.29 is 9.18 Å². The molecule has 27 heavy (non-hydrogen) atoms. The second-order valence-electron chi connectivity index (χ2n) is 5.87. The van der Waals surface area contributed by atoms with Crippen molar-refractivity contribution in [3.05, 3.63) is 77.6 Å². The van der Waals surface area contributed by atoms with Crippen molar-refractivity contribution in [1.29, 1.82) is 5.26 Å². The van der Waals surface area contributed by atoms with E-state index in [1.165, 1.54) is 36.0 Å². The summed E-state index contributed by atoms with van der Waals surface area (Å²) in [6.45, 7) is 2.01. The number of carbonyl (C=O) groups excluding carboxylic acids is 1. The van der Waals surface area contributed by atoms with Crippen LogP contribution < -0.4 is 5.32 Å². The van der Waals surface area contributed by atoms with Gasteiger partial charge in [-0.1, -0.05) is 41.6 Å². The molecule has 0 unspecified atom stereocenters. The van der Waals surface area contributed by atoms with E-state index >= 15 is 0 Å². The molecule has 0 spiro atoms. The predicted octanol–water partition coefficient (Wildman–Crippen LogP) is 4.80. The van der Waals surface area contributed by atoms with E-state index in [4.69, 9.17) is 0 Å². The number of hydrogen-bond acceptors (Lipinski definition) is 4. The lowest BCUT2D eigenvalue weighted by molar-refractivity contribution is -0.113. The predicted molar refractivity (Wildman–Crippen MR) is 105 cm³/mol. The molecule has 0 atom stereocenters.